The molecule has 7 nitrogen and oxygen atoms in total. The molecule has 1 fully saturated rings. The Morgan fingerprint density at radius 1 is 1.13 bits per heavy atom. The standard InChI is InChI=1S/C23H27N3O4/c1-2-30-22(29)26-13-11-23(12-14-26)24-18(16-7-3-5-9-20(16)27)15-19(25-23)17-8-4-6-10-21(17)28/h3-10,18,24,27-28H,2,11-15H2,1H3. The monoisotopic (exact) mass is 409 g/mol. The van der Waals surface area contributed by atoms with Crippen LogP contribution in [0.3, 0.4) is 0 Å². The van der Waals surface area contributed by atoms with Crippen LogP contribution in [0.5, 0.6) is 11.5 Å². The van der Waals surface area contributed by atoms with E-state index in [-0.39, 0.29) is 23.6 Å². The number of benzene rings is 2. The smallest absolute Gasteiger partial charge is 0.409 e. The van der Waals surface area contributed by atoms with Crippen LogP contribution in [0.15, 0.2) is 53.5 Å². The molecule has 4 rings (SSSR count). The Kier molecular flexibility index (Phi) is 5.63. The van der Waals surface area contributed by atoms with Crippen LogP contribution in [-0.4, -0.2) is 52.3 Å². The van der Waals surface area contributed by atoms with Gasteiger partial charge in [-0.05, 0) is 25.1 Å². The molecule has 0 aromatic heterocycles. The van der Waals surface area contributed by atoms with Gasteiger partial charge in [-0.2, -0.15) is 0 Å². The normalized spacial score (nSPS) is 20.6. The average Bonchev–Trinajstić information content (AvgIpc) is 2.75. The number of carbonyl (C=O) groups excluding carboxylic acids is 1. The molecule has 2 aliphatic heterocycles. The second-order valence-electron chi connectivity index (χ2n) is 7.75. The average molecular weight is 409 g/mol. The van der Waals surface area contributed by atoms with Gasteiger partial charge in [0, 0.05) is 55.2 Å². The maximum Gasteiger partial charge on any atom is 0.409 e. The van der Waals surface area contributed by atoms with E-state index in [2.05, 4.69) is 5.32 Å². The summed E-state index contributed by atoms with van der Waals surface area (Å²) in [5, 5.41) is 24.5. The van der Waals surface area contributed by atoms with Crippen LogP contribution in [-0.2, 0) is 4.74 Å². The number of aromatic hydroxyl groups is 2. The molecule has 1 amide bonds. The summed E-state index contributed by atoms with van der Waals surface area (Å²) in [6.07, 6.45) is 1.48. The van der Waals surface area contributed by atoms with Crippen LogP contribution < -0.4 is 5.32 Å². The van der Waals surface area contributed by atoms with E-state index in [1.807, 2.05) is 24.3 Å². The van der Waals surface area contributed by atoms with Gasteiger partial charge in [-0.3, -0.25) is 10.3 Å². The molecule has 7 heteroatoms. The largest absolute Gasteiger partial charge is 0.508 e. The molecular formula is C23H27N3O4. The van der Waals surface area contributed by atoms with Crippen LogP contribution in [0.1, 0.15) is 43.4 Å². The first kappa shape index (κ1) is 20.2. The third-order valence-electron chi connectivity index (χ3n) is 5.83. The number of carbonyl (C=O) groups is 1. The molecular weight excluding hydrogens is 382 g/mol. The van der Waals surface area contributed by atoms with E-state index < -0.39 is 5.66 Å². The van der Waals surface area contributed by atoms with E-state index in [9.17, 15) is 15.0 Å². The Bertz CT molecular complexity index is 951. The Hall–Kier alpha value is -3.06. The summed E-state index contributed by atoms with van der Waals surface area (Å²) in [7, 11) is 0. The van der Waals surface area contributed by atoms with Gasteiger partial charge in [0.25, 0.3) is 0 Å². The number of likely N-dealkylation sites (tertiary alicyclic amines) is 1. The number of para-hydroxylation sites is 2. The second kappa shape index (κ2) is 8.36. The molecule has 1 saturated heterocycles. The van der Waals surface area contributed by atoms with Gasteiger partial charge in [0.15, 0.2) is 0 Å². The van der Waals surface area contributed by atoms with Gasteiger partial charge in [-0.15, -0.1) is 0 Å². The minimum absolute atomic E-state index is 0.160. The van der Waals surface area contributed by atoms with Crippen molar-refractivity contribution in [3.8, 4) is 11.5 Å². The number of piperidine rings is 1. The summed E-state index contributed by atoms with van der Waals surface area (Å²) in [5.41, 5.74) is 1.72. The second-order valence-corrected chi connectivity index (χ2v) is 7.75. The van der Waals surface area contributed by atoms with E-state index in [0.29, 0.717) is 44.5 Å². The lowest BCUT2D eigenvalue weighted by atomic mass is 9.87. The van der Waals surface area contributed by atoms with Gasteiger partial charge in [0.2, 0.25) is 0 Å². The van der Waals surface area contributed by atoms with Crippen LogP contribution in [0, 0.1) is 0 Å². The molecule has 1 atom stereocenters. The highest BCUT2D eigenvalue weighted by molar-refractivity contribution is 6.03. The molecule has 0 aliphatic carbocycles. The van der Waals surface area contributed by atoms with Crippen LogP contribution >= 0.6 is 0 Å². The topological polar surface area (TPSA) is 94.4 Å². The number of phenols is 2. The molecule has 0 radical (unpaired) electrons. The highest BCUT2D eigenvalue weighted by Gasteiger charge is 2.41. The first-order chi connectivity index (χ1) is 14.5. The molecule has 1 unspecified atom stereocenters. The van der Waals surface area contributed by atoms with Crippen molar-refractivity contribution in [1.29, 1.82) is 0 Å². The molecule has 1 spiro atoms. The van der Waals surface area contributed by atoms with Crippen molar-refractivity contribution in [1.82, 2.24) is 10.2 Å². The van der Waals surface area contributed by atoms with Crippen molar-refractivity contribution in [2.75, 3.05) is 19.7 Å². The molecule has 2 aromatic rings. The van der Waals surface area contributed by atoms with Crippen LogP contribution in [0.4, 0.5) is 4.79 Å². The first-order valence-corrected chi connectivity index (χ1v) is 10.4. The molecule has 2 heterocycles. The third-order valence-corrected chi connectivity index (χ3v) is 5.83. The quantitative estimate of drug-likeness (QED) is 0.721. The SMILES string of the molecule is CCOC(=O)N1CCC2(CC1)N=C(c1ccccc1O)CC(c1ccccc1O)N2. The summed E-state index contributed by atoms with van der Waals surface area (Å²) < 4.78 is 5.13. The number of rotatable bonds is 3. The van der Waals surface area contributed by atoms with E-state index in [1.165, 1.54) is 0 Å². The minimum Gasteiger partial charge on any atom is -0.508 e. The summed E-state index contributed by atoms with van der Waals surface area (Å²) in [6.45, 7) is 3.20. The van der Waals surface area contributed by atoms with Gasteiger partial charge in [0.1, 0.15) is 17.2 Å². The van der Waals surface area contributed by atoms with Crippen molar-refractivity contribution >= 4 is 11.8 Å². The molecule has 3 N–H and O–H groups in total. The van der Waals surface area contributed by atoms with Gasteiger partial charge < -0.3 is 19.8 Å². The van der Waals surface area contributed by atoms with Crippen molar-refractivity contribution in [2.24, 2.45) is 4.99 Å². The zero-order valence-electron chi connectivity index (χ0n) is 17.0. The number of hydrogen-bond donors (Lipinski definition) is 3. The molecule has 2 aromatic carbocycles. The fourth-order valence-electron chi connectivity index (χ4n) is 4.29. The minimum atomic E-state index is -0.578. The Balaban J connectivity index is 1.67. The number of nitrogens with zero attached hydrogens (tertiary/aromatic N) is 2. The highest BCUT2D eigenvalue weighted by Crippen LogP contribution is 2.38. The van der Waals surface area contributed by atoms with Gasteiger partial charge in [-0.1, -0.05) is 30.3 Å². The van der Waals surface area contributed by atoms with Crippen molar-refractivity contribution in [3.63, 3.8) is 0 Å². The predicted octanol–water partition coefficient (Wildman–Crippen LogP) is 3.57. The molecule has 30 heavy (non-hydrogen) atoms. The number of phenolic OH excluding ortho intramolecular Hbond substituents is 2. The first-order valence-electron chi connectivity index (χ1n) is 10.4. The zero-order valence-corrected chi connectivity index (χ0v) is 17.0. The van der Waals surface area contributed by atoms with E-state index >= 15 is 0 Å². The molecule has 0 saturated carbocycles. The predicted molar refractivity (Wildman–Crippen MR) is 114 cm³/mol. The molecule has 158 valence electrons. The Morgan fingerprint density at radius 2 is 1.80 bits per heavy atom. The van der Waals surface area contributed by atoms with Gasteiger partial charge in [0.05, 0.1) is 6.61 Å². The number of hydrogen-bond acceptors (Lipinski definition) is 6. The fraction of sp³-hybridized carbons (Fsp3) is 0.391. The van der Waals surface area contributed by atoms with Crippen molar-refractivity contribution in [2.45, 2.75) is 37.9 Å². The van der Waals surface area contributed by atoms with Crippen LogP contribution in [0.2, 0.25) is 0 Å². The maximum absolute atomic E-state index is 12.1. The lowest BCUT2D eigenvalue weighted by Gasteiger charge is -2.45. The maximum atomic E-state index is 12.1. The zero-order chi connectivity index (χ0) is 21.1. The van der Waals surface area contributed by atoms with Crippen LogP contribution in [0.25, 0.3) is 0 Å². The third kappa shape index (κ3) is 3.98. The highest BCUT2D eigenvalue weighted by atomic mass is 16.6. The number of aliphatic imine (C=N–C) groups is 1. The van der Waals surface area contributed by atoms with Crippen molar-refractivity contribution in [3.05, 3.63) is 59.7 Å². The Labute approximate surface area is 176 Å². The lowest BCUT2D eigenvalue weighted by Crippen LogP contribution is -2.56. The Morgan fingerprint density at radius 3 is 2.47 bits per heavy atom. The molecule has 2 aliphatic rings. The summed E-state index contributed by atoms with van der Waals surface area (Å²) in [4.78, 5) is 18.8. The van der Waals surface area contributed by atoms with E-state index in [0.717, 1.165) is 11.3 Å². The fourth-order valence-corrected chi connectivity index (χ4v) is 4.29. The van der Waals surface area contributed by atoms with Gasteiger partial charge >= 0.3 is 6.09 Å². The molecule has 0 bridgehead atoms. The van der Waals surface area contributed by atoms with Gasteiger partial charge in [-0.25, -0.2) is 4.79 Å². The van der Waals surface area contributed by atoms with Crippen molar-refractivity contribution < 1.29 is 19.7 Å². The lowest BCUT2D eigenvalue weighted by molar-refractivity contribution is 0.0778. The summed E-state index contributed by atoms with van der Waals surface area (Å²) >= 11 is 0. The summed E-state index contributed by atoms with van der Waals surface area (Å²) in [6, 6.07) is 14.3. The number of nitrogens with one attached hydrogen (secondary N) is 1. The van der Waals surface area contributed by atoms with E-state index in [4.69, 9.17) is 9.73 Å². The number of ether oxygens (including phenoxy) is 1. The number of amides is 1. The summed E-state index contributed by atoms with van der Waals surface area (Å²) in [5.74, 6) is 0.418. The van der Waals surface area contributed by atoms with E-state index in [1.54, 1.807) is 36.1 Å².